The average molecular weight is 238 g/mol. The average Bonchev–Trinajstić information content (AvgIpc) is 2.87. The summed E-state index contributed by atoms with van der Waals surface area (Å²) in [7, 11) is 0. The Morgan fingerprint density at radius 3 is 3.06 bits per heavy atom. The summed E-state index contributed by atoms with van der Waals surface area (Å²) in [6, 6.07) is 3.21. The molecular formula is C10H10N2O3S. The van der Waals surface area contributed by atoms with Crippen LogP contribution in [-0.4, -0.2) is 27.2 Å². The van der Waals surface area contributed by atoms with Gasteiger partial charge in [-0.15, -0.1) is 0 Å². The van der Waals surface area contributed by atoms with E-state index in [-0.39, 0.29) is 4.88 Å². The number of carbonyl (C=O) groups is 1. The smallest absolute Gasteiger partial charge is 0.345 e. The second-order valence-electron chi connectivity index (χ2n) is 3.07. The van der Waals surface area contributed by atoms with E-state index in [1.54, 1.807) is 24.7 Å². The summed E-state index contributed by atoms with van der Waals surface area (Å²) < 4.78 is 7.31. The summed E-state index contributed by atoms with van der Waals surface area (Å²) in [5.41, 5.74) is 0. The van der Waals surface area contributed by atoms with E-state index in [1.165, 1.54) is 0 Å². The second-order valence-corrected chi connectivity index (χ2v) is 4.12. The van der Waals surface area contributed by atoms with Crippen molar-refractivity contribution in [2.75, 3.05) is 6.61 Å². The van der Waals surface area contributed by atoms with Crippen LogP contribution in [0, 0.1) is 0 Å². The van der Waals surface area contributed by atoms with Gasteiger partial charge >= 0.3 is 5.97 Å². The van der Waals surface area contributed by atoms with Gasteiger partial charge in [0.25, 0.3) is 0 Å². The molecule has 0 radical (unpaired) electrons. The van der Waals surface area contributed by atoms with Gasteiger partial charge in [0.2, 0.25) is 0 Å². The summed E-state index contributed by atoms with van der Waals surface area (Å²) in [6.07, 6.45) is 5.26. The molecule has 0 aliphatic rings. The lowest BCUT2D eigenvalue weighted by atomic mass is 10.5. The molecule has 0 atom stereocenters. The van der Waals surface area contributed by atoms with E-state index >= 15 is 0 Å². The van der Waals surface area contributed by atoms with Crippen LogP contribution in [0.5, 0.6) is 5.06 Å². The van der Waals surface area contributed by atoms with Crippen LogP contribution in [0.25, 0.3) is 0 Å². The van der Waals surface area contributed by atoms with Crippen molar-refractivity contribution in [1.82, 2.24) is 9.55 Å². The number of aromatic nitrogens is 2. The maximum atomic E-state index is 10.6. The number of ether oxygens (including phenoxy) is 1. The first-order valence-corrected chi connectivity index (χ1v) is 5.49. The zero-order chi connectivity index (χ0) is 11.4. The third-order valence-electron chi connectivity index (χ3n) is 1.95. The van der Waals surface area contributed by atoms with Crippen molar-refractivity contribution in [3.05, 3.63) is 35.7 Å². The predicted octanol–water partition coefficient (Wildman–Crippen LogP) is 1.72. The minimum Gasteiger partial charge on any atom is -0.482 e. The monoisotopic (exact) mass is 238 g/mol. The molecule has 84 valence electrons. The Balaban J connectivity index is 1.83. The Hall–Kier alpha value is -1.82. The van der Waals surface area contributed by atoms with Gasteiger partial charge in [-0.3, -0.25) is 0 Å². The van der Waals surface area contributed by atoms with Crippen molar-refractivity contribution in [1.29, 1.82) is 0 Å². The number of hydrogen-bond acceptors (Lipinski definition) is 4. The fourth-order valence-corrected chi connectivity index (χ4v) is 1.90. The zero-order valence-electron chi connectivity index (χ0n) is 8.37. The fourth-order valence-electron chi connectivity index (χ4n) is 1.18. The summed E-state index contributed by atoms with van der Waals surface area (Å²) in [5.74, 6) is -0.922. The highest BCUT2D eigenvalue weighted by Gasteiger charge is 2.07. The molecule has 0 aliphatic carbocycles. The first kappa shape index (κ1) is 10.7. The van der Waals surface area contributed by atoms with Crippen molar-refractivity contribution >= 4 is 17.3 Å². The highest BCUT2D eigenvalue weighted by molar-refractivity contribution is 7.15. The van der Waals surface area contributed by atoms with E-state index in [2.05, 4.69) is 4.98 Å². The van der Waals surface area contributed by atoms with E-state index < -0.39 is 5.97 Å². The molecule has 0 amide bonds. The lowest BCUT2D eigenvalue weighted by Gasteiger charge is -2.03. The van der Waals surface area contributed by atoms with E-state index in [4.69, 9.17) is 9.84 Å². The highest BCUT2D eigenvalue weighted by Crippen LogP contribution is 2.24. The lowest BCUT2D eigenvalue weighted by molar-refractivity contribution is 0.0702. The molecule has 0 fully saturated rings. The van der Waals surface area contributed by atoms with E-state index in [0.717, 1.165) is 11.3 Å². The molecule has 0 aliphatic heterocycles. The molecule has 0 aromatic carbocycles. The van der Waals surface area contributed by atoms with Gasteiger partial charge in [-0.05, 0) is 12.1 Å². The van der Waals surface area contributed by atoms with Gasteiger partial charge < -0.3 is 14.4 Å². The summed E-state index contributed by atoms with van der Waals surface area (Å²) >= 11 is 1.13. The van der Waals surface area contributed by atoms with E-state index in [9.17, 15) is 4.79 Å². The molecule has 0 saturated heterocycles. The fraction of sp³-hybridized carbons (Fsp3) is 0.200. The van der Waals surface area contributed by atoms with E-state index in [0.29, 0.717) is 18.2 Å². The Morgan fingerprint density at radius 2 is 2.44 bits per heavy atom. The number of carboxylic acid groups (broad SMARTS) is 1. The quantitative estimate of drug-likeness (QED) is 0.861. The maximum absolute atomic E-state index is 10.6. The molecule has 1 N–H and O–H groups in total. The summed E-state index contributed by atoms with van der Waals surface area (Å²) in [5, 5.41) is 9.34. The van der Waals surface area contributed by atoms with Gasteiger partial charge in [-0.2, -0.15) is 0 Å². The largest absolute Gasteiger partial charge is 0.482 e. The molecule has 0 saturated carbocycles. The van der Waals surface area contributed by atoms with Gasteiger partial charge in [0.15, 0.2) is 5.06 Å². The lowest BCUT2D eigenvalue weighted by Crippen LogP contribution is -2.05. The van der Waals surface area contributed by atoms with Crippen molar-refractivity contribution < 1.29 is 14.6 Å². The maximum Gasteiger partial charge on any atom is 0.345 e. The third-order valence-corrected chi connectivity index (χ3v) is 2.93. The molecule has 0 spiro atoms. The van der Waals surface area contributed by atoms with E-state index in [1.807, 2.05) is 10.8 Å². The normalized spacial score (nSPS) is 10.2. The number of imidazole rings is 1. The number of thiophene rings is 1. The predicted molar refractivity (Wildman–Crippen MR) is 59.0 cm³/mol. The minimum absolute atomic E-state index is 0.289. The minimum atomic E-state index is -0.922. The molecule has 2 aromatic heterocycles. The van der Waals surface area contributed by atoms with Crippen LogP contribution < -0.4 is 4.74 Å². The zero-order valence-corrected chi connectivity index (χ0v) is 9.18. The van der Waals surface area contributed by atoms with Crippen LogP contribution in [0.2, 0.25) is 0 Å². The first-order valence-electron chi connectivity index (χ1n) is 4.67. The van der Waals surface area contributed by atoms with Crippen LogP contribution in [0.1, 0.15) is 9.67 Å². The Kier molecular flexibility index (Phi) is 3.21. The van der Waals surface area contributed by atoms with Gasteiger partial charge in [-0.1, -0.05) is 11.3 Å². The first-order chi connectivity index (χ1) is 7.75. The Labute approximate surface area is 95.9 Å². The Bertz CT molecular complexity index is 464. The Morgan fingerprint density at radius 1 is 1.56 bits per heavy atom. The van der Waals surface area contributed by atoms with Crippen LogP contribution >= 0.6 is 11.3 Å². The third kappa shape index (κ3) is 2.60. The molecule has 2 aromatic rings. The molecule has 5 nitrogen and oxygen atoms in total. The topological polar surface area (TPSA) is 64.3 Å². The standard InChI is InChI=1S/C10H10N2O3S/c13-10(14)8-1-2-9(16-8)15-6-5-12-4-3-11-7-12/h1-4,7H,5-6H2,(H,13,14). The molecule has 6 heteroatoms. The molecular weight excluding hydrogens is 228 g/mol. The molecule has 2 rings (SSSR count). The van der Waals surface area contributed by atoms with Crippen molar-refractivity contribution in [2.45, 2.75) is 6.54 Å². The molecule has 0 bridgehead atoms. The number of rotatable bonds is 5. The molecule has 0 unspecified atom stereocenters. The van der Waals surface area contributed by atoms with Gasteiger partial charge in [-0.25, -0.2) is 9.78 Å². The second kappa shape index (κ2) is 4.80. The summed E-state index contributed by atoms with van der Waals surface area (Å²) in [4.78, 5) is 14.8. The van der Waals surface area contributed by atoms with Gasteiger partial charge in [0, 0.05) is 12.4 Å². The van der Waals surface area contributed by atoms with Crippen molar-refractivity contribution in [3.8, 4) is 5.06 Å². The number of nitrogens with zero attached hydrogens (tertiary/aromatic N) is 2. The number of carboxylic acids is 1. The van der Waals surface area contributed by atoms with Crippen molar-refractivity contribution in [2.24, 2.45) is 0 Å². The molecule has 2 heterocycles. The van der Waals surface area contributed by atoms with Crippen LogP contribution in [0.3, 0.4) is 0 Å². The summed E-state index contributed by atoms with van der Waals surface area (Å²) in [6.45, 7) is 1.19. The van der Waals surface area contributed by atoms with Crippen LogP contribution in [0.15, 0.2) is 30.9 Å². The number of aromatic carboxylic acids is 1. The van der Waals surface area contributed by atoms with Crippen molar-refractivity contribution in [3.63, 3.8) is 0 Å². The molecule has 16 heavy (non-hydrogen) atoms. The van der Waals surface area contributed by atoms with Crippen LogP contribution in [-0.2, 0) is 6.54 Å². The number of hydrogen-bond donors (Lipinski definition) is 1. The SMILES string of the molecule is O=C(O)c1ccc(OCCn2ccnc2)s1. The van der Waals surface area contributed by atoms with Gasteiger partial charge in [0.05, 0.1) is 12.9 Å². The highest BCUT2D eigenvalue weighted by atomic mass is 32.1. The van der Waals surface area contributed by atoms with Gasteiger partial charge in [0.1, 0.15) is 11.5 Å². The van der Waals surface area contributed by atoms with Crippen LogP contribution in [0.4, 0.5) is 0 Å².